The van der Waals surface area contributed by atoms with Crippen LogP contribution in [0.4, 0.5) is 10.1 Å². The smallest absolute Gasteiger partial charge is 0.181 e. The van der Waals surface area contributed by atoms with Gasteiger partial charge in [-0.1, -0.05) is 12.1 Å². The van der Waals surface area contributed by atoms with Crippen molar-refractivity contribution in [2.45, 2.75) is 6.92 Å². The first kappa shape index (κ1) is 13.4. The molecule has 0 fully saturated rings. The number of nitrogens with two attached hydrogens (primary N) is 1. The second-order valence-corrected chi connectivity index (χ2v) is 4.74. The van der Waals surface area contributed by atoms with E-state index in [0.29, 0.717) is 11.4 Å². The van der Waals surface area contributed by atoms with Crippen LogP contribution in [0.2, 0.25) is 0 Å². The lowest BCUT2D eigenvalue weighted by molar-refractivity contribution is 0.439. The summed E-state index contributed by atoms with van der Waals surface area (Å²) in [6.45, 7) is 1.82. The Morgan fingerprint density at radius 3 is 2.68 bits per heavy atom. The van der Waals surface area contributed by atoms with Crippen molar-refractivity contribution in [3.05, 3.63) is 51.7 Å². The lowest BCUT2D eigenvalue weighted by atomic mass is 10.2. The molecule has 2 rings (SSSR count). The number of halogens is 2. The number of nitrogens with zero attached hydrogens (tertiary/aromatic N) is 1. The standard InChI is InChI=1S/C14H10BrFN2O/c1-8-3-2-4-10(18)14(8)19-11-6-5-9(7-17)12(15)13(11)16/h2-6H,18H2,1H3. The van der Waals surface area contributed by atoms with Crippen molar-refractivity contribution in [1.82, 2.24) is 0 Å². The van der Waals surface area contributed by atoms with Crippen LogP contribution >= 0.6 is 15.9 Å². The van der Waals surface area contributed by atoms with Gasteiger partial charge < -0.3 is 10.5 Å². The Morgan fingerprint density at radius 1 is 1.32 bits per heavy atom. The maximum Gasteiger partial charge on any atom is 0.181 e. The van der Waals surface area contributed by atoms with Gasteiger partial charge in [-0.15, -0.1) is 0 Å². The van der Waals surface area contributed by atoms with E-state index in [2.05, 4.69) is 15.9 Å². The van der Waals surface area contributed by atoms with Crippen LogP contribution in [0.15, 0.2) is 34.8 Å². The van der Waals surface area contributed by atoms with Gasteiger partial charge in [0, 0.05) is 0 Å². The molecule has 0 saturated heterocycles. The van der Waals surface area contributed by atoms with E-state index in [4.69, 9.17) is 15.7 Å². The molecule has 0 atom stereocenters. The van der Waals surface area contributed by atoms with Crippen LogP contribution in [0.25, 0.3) is 0 Å². The fourth-order valence-corrected chi connectivity index (χ4v) is 2.04. The van der Waals surface area contributed by atoms with Crippen LogP contribution in [0.3, 0.4) is 0 Å². The average Bonchev–Trinajstić information content (AvgIpc) is 2.39. The molecule has 0 aliphatic rings. The molecule has 0 spiro atoms. The number of ether oxygens (including phenoxy) is 1. The number of aryl methyl sites for hydroxylation is 1. The summed E-state index contributed by atoms with van der Waals surface area (Å²) in [6, 6.07) is 10.1. The third-order valence-corrected chi connectivity index (χ3v) is 3.40. The molecule has 3 nitrogen and oxygen atoms in total. The largest absolute Gasteiger partial charge is 0.452 e. The van der Waals surface area contributed by atoms with Crippen molar-refractivity contribution in [3.63, 3.8) is 0 Å². The van der Waals surface area contributed by atoms with E-state index < -0.39 is 5.82 Å². The van der Waals surface area contributed by atoms with Crippen LogP contribution < -0.4 is 10.5 Å². The molecule has 2 aromatic carbocycles. The van der Waals surface area contributed by atoms with E-state index in [0.717, 1.165) is 5.56 Å². The Kier molecular flexibility index (Phi) is 3.72. The quantitative estimate of drug-likeness (QED) is 0.846. The summed E-state index contributed by atoms with van der Waals surface area (Å²) in [4.78, 5) is 0. The number of hydrogen-bond acceptors (Lipinski definition) is 3. The Bertz CT molecular complexity index is 660. The van der Waals surface area contributed by atoms with Crippen molar-refractivity contribution in [1.29, 1.82) is 5.26 Å². The Hall–Kier alpha value is -2.06. The molecule has 0 heterocycles. The molecule has 2 aromatic rings. The third kappa shape index (κ3) is 2.54. The second kappa shape index (κ2) is 5.29. The number of nitriles is 1. The summed E-state index contributed by atoms with van der Waals surface area (Å²) in [5.74, 6) is -0.188. The normalized spacial score (nSPS) is 10.0. The second-order valence-electron chi connectivity index (χ2n) is 3.95. The monoisotopic (exact) mass is 320 g/mol. The minimum atomic E-state index is -0.623. The Labute approximate surface area is 118 Å². The van der Waals surface area contributed by atoms with Gasteiger partial charge in [-0.3, -0.25) is 0 Å². The summed E-state index contributed by atoms with van der Waals surface area (Å²) >= 11 is 3.03. The molecule has 2 N–H and O–H groups in total. The lowest BCUT2D eigenvalue weighted by Gasteiger charge is -2.12. The zero-order valence-corrected chi connectivity index (χ0v) is 11.7. The van der Waals surface area contributed by atoms with Crippen molar-refractivity contribution in [2.24, 2.45) is 0 Å². The number of anilines is 1. The van der Waals surface area contributed by atoms with Gasteiger partial charge in [0.1, 0.15) is 6.07 Å². The van der Waals surface area contributed by atoms with Gasteiger partial charge in [-0.2, -0.15) is 5.26 Å². The molecule has 0 aliphatic heterocycles. The molecule has 0 amide bonds. The van der Waals surface area contributed by atoms with Crippen molar-refractivity contribution in [3.8, 4) is 17.6 Å². The van der Waals surface area contributed by atoms with Gasteiger partial charge in [0.25, 0.3) is 0 Å². The molecule has 0 saturated carbocycles. The lowest BCUT2D eigenvalue weighted by Crippen LogP contribution is -1.97. The van der Waals surface area contributed by atoms with Gasteiger partial charge in [-0.25, -0.2) is 4.39 Å². The maximum absolute atomic E-state index is 14.0. The van der Waals surface area contributed by atoms with Gasteiger partial charge in [0.05, 0.1) is 15.7 Å². The summed E-state index contributed by atoms with van der Waals surface area (Å²) in [7, 11) is 0. The van der Waals surface area contributed by atoms with E-state index in [9.17, 15) is 4.39 Å². The molecule has 0 bridgehead atoms. The molecule has 96 valence electrons. The first-order valence-corrected chi connectivity index (χ1v) is 6.25. The highest BCUT2D eigenvalue weighted by Crippen LogP contribution is 2.35. The number of para-hydroxylation sites is 1. The number of hydrogen-bond donors (Lipinski definition) is 1. The molecule has 0 aliphatic carbocycles. The zero-order valence-electron chi connectivity index (χ0n) is 10.1. The Morgan fingerprint density at radius 2 is 2.05 bits per heavy atom. The van der Waals surface area contributed by atoms with Gasteiger partial charge in [-0.05, 0) is 46.6 Å². The molecular weight excluding hydrogens is 311 g/mol. The Balaban J connectivity index is 2.46. The maximum atomic E-state index is 14.0. The first-order chi connectivity index (χ1) is 9.04. The molecule has 5 heteroatoms. The van der Waals surface area contributed by atoms with E-state index in [-0.39, 0.29) is 15.8 Å². The fraction of sp³-hybridized carbons (Fsp3) is 0.0714. The van der Waals surface area contributed by atoms with Crippen LogP contribution in [0.1, 0.15) is 11.1 Å². The zero-order chi connectivity index (χ0) is 14.0. The molecule has 0 aromatic heterocycles. The average molecular weight is 321 g/mol. The van der Waals surface area contributed by atoms with Crippen LogP contribution in [-0.4, -0.2) is 0 Å². The number of rotatable bonds is 2. The highest BCUT2D eigenvalue weighted by Gasteiger charge is 2.14. The van der Waals surface area contributed by atoms with E-state index in [1.54, 1.807) is 12.1 Å². The predicted octanol–water partition coefficient (Wildman–Crippen LogP) is 4.14. The summed E-state index contributed by atoms with van der Waals surface area (Å²) in [6.07, 6.45) is 0. The molecule has 19 heavy (non-hydrogen) atoms. The van der Waals surface area contributed by atoms with E-state index in [1.165, 1.54) is 12.1 Å². The highest BCUT2D eigenvalue weighted by molar-refractivity contribution is 9.10. The van der Waals surface area contributed by atoms with E-state index >= 15 is 0 Å². The van der Waals surface area contributed by atoms with Crippen molar-refractivity contribution < 1.29 is 9.13 Å². The third-order valence-electron chi connectivity index (χ3n) is 2.62. The number of benzene rings is 2. The van der Waals surface area contributed by atoms with Gasteiger partial charge in [0.2, 0.25) is 0 Å². The predicted molar refractivity (Wildman–Crippen MR) is 74.5 cm³/mol. The number of nitrogen functional groups attached to an aromatic ring is 1. The molecule has 0 unspecified atom stereocenters. The fourth-order valence-electron chi connectivity index (χ4n) is 1.62. The van der Waals surface area contributed by atoms with Gasteiger partial charge in [0.15, 0.2) is 17.3 Å². The summed E-state index contributed by atoms with van der Waals surface area (Å²) < 4.78 is 19.6. The first-order valence-electron chi connectivity index (χ1n) is 5.45. The summed E-state index contributed by atoms with van der Waals surface area (Å²) in [5, 5.41) is 8.80. The minimum Gasteiger partial charge on any atom is -0.452 e. The molecular formula is C14H10BrFN2O. The van der Waals surface area contributed by atoms with Crippen molar-refractivity contribution >= 4 is 21.6 Å². The highest BCUT2D eigenvalue weighted by atomic mass is 79.9. The van der Waals surface area contributed by atoms with E-state index in [1.807, 2.05) is 19.1 Å². The van der Waals surface area contributed by atoms with Crippen molar-refractivity contribution in [2.75, 3.05) is 5.73 Å². The summed E-state index contributed by atoms with van der Waals surface area (Å²) in [5.41, 5.74) is 7.25. The minimum absolute atomic E-state index is 0.0203. The topological polar surface area (TPSA) is 59.0 Å². The van der Waals surface area contributed by atoms with Crippen LogP contribution in [0.5, 0.6) is 11.5 Å². The van der Waals surface area contributed by atoms with Gasteiger partial charge >= 0.3 is 0 Å². The van der Waals surface area contributed by atoms with Crippen LogP contribution in [-0.2, 0) is 0 Å². The van der Waals surface area contributed by atoms with Crippen LogP contribution in [0, 0.1) is 24.1 Å². The SMILES string of the molecule is Cc1cccc(N)c1Oc1ccc(C#N)c(Br)c1F. The molecule has 0 radical (unpaired) electrons.